The number of carbonyl (C=O) groups excluding carboxylic acids is 1. The minimum absolute atomic E-state index is 0.0737. The molecule has 1 aromatic carbocycles. The summed E-state index contributed by atoms with van der Waals surface area (Å²) < 4.78 is 25.6. The molecule has 0 spiro atoms. The summed E-state index contributed by atoms with van der Waals surface area (Å²) >= 11 is 5.99. The van der Waals surface area contributed by atoms with Crippen molar-refractivity contribution >= 4 is 17.5 Å². The molecule has 0 N–H and O–H groups in total. The van der Waals surface area contributed by atoms with Crippen LogP contribution in [0.1, 0.15) is 12.1 Å². The highest BCUT2D eigenvalue weighted by Gasteiger charge is 2.41. The Labute approximate surface area is 199 Å². The first kappa shape index (κ1) is 23.9. The summed E-state index contributed by atoms with van der Waals surface area (Å²) in [5, 5.41) is 0.634. The Morgan fingerprint density at radius 2 is 1.91 bits per heavy atom. The van der Waals surface area contributed by atoms with E-state index in [0.29, 0.717) is 50.1 Å². The third-order valence-corrected chi connectivity index (χ3v) is 6.40. The maximum atomic E-state index is 13.3. The van der Waals surface area contributed by atoms with Gasteiger partial charge in [-0.25, -0.2) is 4.39 Å². The first-order valence-corrected chi connectivity index (χ1v) is 11.6. The van der Waals surface area contributed by atoms with Gasteiger partial charge in [-0.15, -0.1) is 0 Å². The van der Waals surface area contributed by atoms with Crippen LogP contribution in [0.2, 0.25) is 5.02 Å². The number of piperazine rings is 1. The molecule has 2 fully saturated rings. The SMILES string of the molecule is CN1CCN(C(=O)C[C@]2(COc3ccc(Cl)cc3)CN(Cc3ccc(F)cn3)CCO2)CC1. The smallest absolute Gasteiger partial charge is 0.225 e. The number of morpholine rings is 1. The second kappa shape index (κ2) is 10.8. The Balaban J connectivity index is 1.47. The van der Waals surface area contributed by atoms with E-state index in [4.69, 9.17) is 21.1 Å². The summed E-state index contributed by atoms with van der Waals surface area (Å²) in [6.07, 6.45) is 1.46. The number of nitrogens with zero attached hydrogens (tertiary/aromatic N) is 4. The van der Waals surface area contributed by atoms with E-state index in [0.717, 1.165) is 18.8 Å². The standard InChI is InChI=1S/C24H30ClFN4O3/c1-28-8-10-30(11-9-28)23(31)14-24(18-32-22-6-2-19(25)3-7-22)17-29(12-13-33-24)16-21-5-4-20(26)15-27-21/h2-7,15H,8-14,16-18H2,1H3/t24-/m1/s1. The van der Waals surface area contributed by atoms with E-state index in [1.807, 2.05) is 4.90 Å². The minimum Gasteiger partial charge on any atom is -0.491 e. The predicted molar refractivity (Wildman–Crippen MR) is 124 cm³/mol. The zero-order valence-electron chi connectivity index (χ0n) is 18.9. The van der Waals surface area contributed by atoms with Gasteiger partial charge >= 0.3 is 0 Å². The van der Waals surface area contributed by atoms with Gasteiger partial charge in [0.05, 0.1) is 24.9 Å². The van der Waals surface area contributed by atoms with Crippen LogP contribution in [0.4, 0.5) is 4.39 Å². The van der Waals surface area contributed by atoms with E-state index >= 15 is 0 Å². The Hall–Kier alpha value is -2.26. The van der Waals surface area contributed by atoms with E-state index in [-0.39, 0.29) is 24.8 Å². The summed E-state index contributed by atoms with van der Waals surface area (Å²) in [5.41, 5.74) is -0.0190. The number of ether oxygens (including phenoxy) is 2. The van der Waals surface area contributed by atoms with Crippen molar-refractivity contribution in [2.45, 2.75) is 18.6 Å². The van der Waals surface area contributed by atoms with E-state index in [1.165, 1.54) is 12.3 Å². The van der Waals surface area contributed by atoms with Crippen molar-refractivity contribution in [2.24, 2.45) is 0 Å². The van der Waals surface area contributed by atoms with Gasteiger partial charge in [0.2, 0.25) is 5.91 Å². The van der Waals surface area contributed by atoms with Crippen LogP contribution in [0.15, 0.2) is 42.6 Å². The maximum absolute atomic E-state index is 13.3. The first-order valence-electron chi connectivity index (χ1n) is 11.2. The molecule has 0 saturated carbocycles. The van der Waals surface area contributed by atoms with Crippen molar-refractivity contribution in [3.63, 3.8) is 0 Å². The van der Waals surface area contributed by atoms with Gasteiger partial charge in [-0.05, 0) is 43.4 Å². The van der Waals surface area contributed by atoms with Gasteiger partial charge < -0.3 is 19.3 Å². The van der Waals surface area contributed by atoms with Crippen molar-refractivity contribution in [3.8, 4) is 5.75 Å². The van der Waals surface area contributed by atoms with Gasteiger partial charge in [0.1, 0.15) is 23.8 Å². The molecular weight excluding hydrogens is 447 g/mol. The summed E-state index contributed by atoms with van der Waals surface area (Å²) in [4.78, 5) is 23.7. The molecule has 2 aromatic rings. The second-order valence-corrected chi connectivity index (χ2v) is 9.25. The highest BCUT2D eigenvalue weighted by Crippen LogP contribution is 2.27. The summed E-state index contributed by atoms with van der Waals surface area (Å²) in [6.45, 7) is 5.63. The largest absolute Gasteiger partial charge is 0.491 e. The molecule has 0 bridgehead atoms. The quantitative estimate of drug-likeness (QED) is 0.612. The van der Waals surface area contributed by atoms with Gasteiger partial charge in [0.15, 0.2) is 0 Å². The van der Waals surface area contributed by atoms with Gasteiger partial charge in [-0.3, -0.25) is 14.7 Å². The molecule has 33 heavy (non-hydrogen) atoms. The molecule has 0 unspecified atom stereocenters. The highest BCUT2D eigenvalue weighted by atomic mass is 35.5. The lowest BCUT2D eigenvalue weighted by Crippen LogP contribution is -2.58. The van der Waals surface area contributed by atoms with Crippen LogP contribution < -0.4 is 4.74 Å². The first-order chi connectivity index (χ1) is 15.9. The normalized spacial score (nSPS) is 22.3. The van der Waals surface area contributed by atoms with Crippen LogP contribution in [0.3, 0.4) is 0 Å². The van der Waals surface area contributed by atoms with Crippen molar-refractivity contribution in [1.82, 2.24) is 19.7 Å². The third kappa shape index (κ3) is 6.63. The summed E-state index contributed by atoms with van der Waals surface area (Å²) in [6, 6.07) is 10.3. The van der Waals surface area contributed by atoms with Crippen LogP contribution in [0.5, 0.6) is 5.75 Å². The predicted octanol–water partition coefficient (Wildman–Crippen LogP) is 2.69. The number of aromatic nitrogens is 1. The molecular formula is C24H30ClFN4O3. The number of amides is 1. The van der Waals surface area contributed by atoms with Gasteiger partial charge in [0, 0.05) is 50.8 Å². The van der Waals surface area contributed by atoms with E-state index in [1.54, 1.807) is 30.3 Å². The average molecular weight is 477 g/mol. The fourth-order valence-corrected chi connectivity index (χ4v) is 4.35. The number of halogens is 2. The topological polar surface area (TPSA) is 58.1 Å². The number of hydrogen-bond donors (Lipinski definition) is 0. The lowest BCUT2D eigenvalue weighted by atomic mass is 9.96. The van der Waals surface area contributed by atoms with Gasteiger partial charge in [0.25, 0.3) is 0 Å². The number of carbonyl (C=O) groups is 1. The van der Waals surface area contributed by atoms with E-state index < -0.39 is 5.60 Å². The molecule has 1 amide bonds. The number of pyridine rings is 1. The molecule has 7 nitrogen and oxygen atoms in total. The van der Waals surface area contributed by atoms with Crippen LogP contribution >= 0.6 is 11.6 Å². The fraction of sp³-hybridized carbons (Fsp3) is 0.500. The minimum atomic E-state index is -0.793. The fourth-order valence-electron chi connectivity index (χ4n) is 4.22. The van der Waals surface area contributed by atoms with E-state index in [9.17, 15) is 9.18 Å². The second-order valence-electron chi connectivity index (χ2n) is 8.81. The van der Waals surface area contributed by atoms with Crippen molar-refractivity contribution in [1.29, 1.82) is 0 Å². The number of rotatable bonds is 7. The molecule has 1 atom stereocenters. The van der Waals surface area contributed by atoms with Gasteiger partial charge in [-0.1, -0.05) is 11.6 Å². The molecule has 2 aliphatic heterocycles. The van der Waals surface area contributed by atoms with Crippen LogP contribution in [-0.4, -0.2) is 90.7 Å². The lowest BCUT2D eigenvalue weighted by Gasteiger charge is -2.43. The summed E-state index contributed by atoms with van der Waals surface area (Å²) in [5.74, 6) is 0.389. The third-order valence-electron chi connectivity index (χ3n) is 6.15. The van der Waals surface area contributed by atoms with Crippen molar-refractivity contribution in [2.75, 3.05) is 59.5 Å². The summed E-state index contributed by atoms with van der Waals surface area (Å²) in [7, 11) is 2.06. The maximum Gasteiger partial charge on any atom is 0.225 e. The monoisotopic (exact) mass is 476 g/mol. The molecule has 3 heterocycles. The molecule has 0 radical (unpaired) electrons. The highest BCUT2D eigenvalue weighted by molar-refractivity contribution is 6.30. The zero-order chi connectivity index (χ0) is 23.3. The Kier molecular flexibility index (Phi) is 7.80. The number of hydrogen-bond acceptors (Lipinski definition) is 6. The molecule has 0 aliphatic carbocycles. The molecule has 2 aliphatic rings. The molecule has 2 saturated heterocycles. The molecule has 9 heteroatoms. The van der Waals surface area contributed by atoms with Crippen LogP contribution in [0.25, 0.3) is 0 Å². The Morgan fingerprint density at radius 1 is 1.15 bits per heavy atom. The number of benzene rings is 1. The molecule has 178 valence electrons. The molecule has 1 aromatic heterocycles. The number of likely N-dealkylation sites (N-methyl/N-ethyl adjacent to an activating group) is 1. The Morgan fingerprint density at radius 3 is 2.61 bits per heavy atom. The van der Waals surface area contributed by atoms with E-state index in [2.05, 4.69) is 21.8 Å². The van der Waals surface area contributed by atoms with Crippen LogP contribution in [0, 0.1) is 5.82 Å². The van der Waals surface area contributed by atoms with Crippen LogP contribution in [-0.2, 0) is 16.1 Å². The Bertz CT molecular complexity index is 922. The van der Waals surface area contributed by atoms with Crippen molar-refractivity contribution < 1.29 is 18.7 Å². The zero-order valence-corrected chi connectivity index (χ0v) is 19.6. The van der Waals surface area contributed by atoms with Gasteiger partial charge in [-0.2, -0.15) is 0 Å². The van der Waals surface area contributed by atoms with Crippen molar-refractivity contribution in [3.05, 3.63) is 59.1 Å². The lowest BCUT2D eigenvalue weighted by molar-refractivity contribution is -0.158. The average Bonchev–Trinajstić information content (AvgIpc) is 2.81. The molecule has 4 rings (SSSR count).